The summed E-state index contributed by atoms with van der Waals surface area (Å²) in [5.74, 6) is 0.167. The average Bonchev–Trinajstić information content (AvgIpc) is 3.17. The minimum Gasteiger partial charge on any atom is -0.308 e. The van der Waals surface area contributed by atoms with Crippen LogP contribution in [0.15, 0.2) is 47.8 Å². The van der Waals surface area contributed by atoms with Crippen LogP contribution in [0.2, 0.25) is 15.1 Å². The summed E-state index contributed by atoms with van der Waals surface area (Å²) in [7, 11) is 0. The van der Waals surface area contributed by atoms with E-state index in [0.29, 0.717) is 25.7 Å². The van der Waals surface area contributed by atoms with Gasteiger partial charge in [0.05, 0.1) is 10.7 Å². The highest BCUT2D eigenvalue weighted by Gasteiger charge is 2.15. The van der Waals surface area contributed by atoms with Crippen molar-refractivity contribution in [2.24, 2.45) is 0 Å². The SMILES string of the molecule is O=C(Nc1cccc(Cl)c1)Nc1nc2scc(-c3cc(Cl)ccc3Cl)n2n1. The Balaban J connectivity index is 1.58. The maximum Gasteiger partial charge on any atom is 0.326 e. The number of amides is 2. The molecule has 4 rings (SSSR count). The van der Waals surface area contributed by atoms with Crippen molar-refractivity contribution in [1.29, 1.82) is 0 Å². The molecule has 0 aliphatic carbocycles. The number of hydrogen-bond donors (Lipinski definition) is 2. The number of hydrogen-bond acceptors (Lipinski definition) is 4. The van der Waals surface area contributed by atoms with Crippen molar-refractivity contribution < 1.29 is 4.79 Å². The fraction of sp³-hybridized carbons (Fsp3) is 0. The van der Waals surface area contributed by atoms with Gasteiger partial charge in [0.2, 0.25) is 4.96 Å². The lowest BCUT2D eigenvalue weighted by atomic mass is 10.2. The molecular formula is C17H10Cl3N5OS. The van der Waals surface area contributed by atoms with Crippen LogP contribution in [-0.4, -0.2) is 20.6 Å². The van der Waals surface area contributed by atoms with Gasteiger partial charge in [0.15, 0.2) is 0 Å². The molecule has 4 aromatic rings. The molecule has 27 heavy (non-hydrogen) atoms. The Morgan fingerprint density at radius 3 is 2.67 bits per heavy atom. The van der Waals surface area contributed by atoms with Gasteiger partial charge in [-0.1, -0.05) is 40.9 Å². The van der Waals surface area contributed by atoms with E-state index in [1.54, 1.807) is 47.0 Å². The molecule has 2 aromatic carbocycles. The monoisotopic (exact) mass is 437 g/mol. The van der Waals surface area contributed by atoms with Crippen LogP contribution in [0.4, 0.5) is 16.4 Å². The second-order valence-electron chi connectivity index (χ2n) is 5.46. The maximum atomic E-state index is 12.2. The number of urea groups is 1. The van der Waals surface area contributed by atoms with Crippen LogP contribution < -0.4 is 10.6 Å². The van der Waals surface area contributed by atoms with Gasteiger partial charge in [-0.15, -0.1) is 16.4 Å². The zero-order chi connectivity index (χ0) is 19.0. The van der Waals surface area contributed by atoms with E-state index < -0.39 is 6.03 Å². The maximum absolute atomic E-state index is 12.2. The number of halogens is 3. The first-order valence-corrected chi connectivity index (χ1v) is 9.64. The first-order valence-electron chi connectivity index (χ1n) is 7.63. The number of benzene rings is 2. The number of nitrogens with zero attached hydrogens (tertiary/aromatic N) is 3. The van der Waals surface area contributed by atoms with Crippen LogP contribution in [0.25, 0.3) is 16.2 Å². The minimum absolute atomic E-state index is 0.167. The van der Waals surface area contributed by atoms with E-state index in [2.05, 4.69) is 20.7 Å². The Hall–Kier alpha value is -2.32. The van der Waals surface area contributed by atoms with Crippen molar-refractivity contribution in [3.63, 3.8) is 0 Å². The second kappa shape index (κ2) is 7.36. The van der Waals surface area contributed by atoms with Gasteiger partial charge in [-0.05, 0) is 36.4 Å². The fourth-order valence-electron chi connectivity index (χ4n) is 2.44. The smallest absolute Gasteiger partial charge is 0.308 e. The van der Waals surface area contributed by atoms with Crippen LogP contribution in [0.1, 0.15) is 0 Å². The van der Waals surface area contributed by atoms with Gasteiger partial charge in [-0.2, -0.15) is 4.98 Å². The first kappa shape index (κ1) is 18.1. The number of aromatic nitrogens is 3. The molecule has 10 heteroatoms. The lowest BCUT2D eigenvalue weighted by Gasteiger charge is -2.05. The van der Waals surface area contributed by atoms with Crippen molar-refractivity contribution in [2.45, 2.75) is 0 Å². The zero-order valence-corrected chi connectivity index (χ0v) is 16.5. The van der Waals surface area contributed by atoms with Crippen LogP contribution in [-0.2, 0) is 0 Å². The predicted molar refractivity (Wildman–Crippen MR) is 110 cm³/mol. The van der Waals surface area contributed by atoms with E-state index in [1.165, 1.54) is 11.3 Å². The molecule has 0 aliphatic rings. The van der Waals surface area contributed by atoms with E-state index >= 15 is 0 Å². The Kier molecular flexibility index (Phi) is 4.92. The third-order valence-corrected chi connectivity index (χ3v) is 5.21. The Bertz CT molecular complexity index is 1160. The highest BCUT2D eigenvalue weighted by molar-refractivity contribution is 7.15. The van der Waals surface area contributed by atoms with Gasteiger partial charge >= 0.3 is 6.03 Å². The number of anilines is 2. The zero-order valence-electron chi connectivity index (χ0n) is 13.4. The van der Waals surface area contributed by atoms with Crippen molar-refractivity contribution in [1.82, 2.24) is 14.6 Å². The van der Waals surface area contributed by atoms with Gasteiger partial charge in [-0.25, -0.2) is 9.31 Å². The number of rotatable bonds is 3. The molecule has 0 saturated carbocycles. The highest BCUT2D eigenvalue weighted by atomic mass is 35.5. The summed E-state index contributed by atoms with van der Waals surface area (Å²) in [6.07, 6.45) is 0. The Labute approximate surface area is 172 Å². The molecule has 0 fully saturated rings. The number of fused-ring (bicyclic) bond motifs is 1. The summed E-state index contributed by atoms with van der Waals surface area (Å²) in [5.41, 5.74) is 2.03. The van der Waals surface area contributed by atoms with Crippen molar-refractivity contribution in [3.05, 3.63) is 62.9 Å². The molecule has 136 valence electrons. The molecule has 2 heterocycles. The summed E-state index contributed by atoms with van der Waals surface area (Å²) in [4.78, 5) is 17.1. The van der Waals surface area contributed by atoms with E-state index in [1.807, 2.05) is 5.38 Å². The van der Waals surface area contributed by atoms with Gasteiger partial charge in [-0.3, -0.25) is 5.32 Å². The topological polar surface area (TPSA) is 71.3 Å². The normalized spacial score (nSPS) is 10.9. The molecule has 0 bridgehead atoms. The van der Waals surface area contributed by atoms with Crippen molar-refractivity contribution in [2.75, 3.05) is 10.6 Å². The van der Waals surface area contributed by atoms with E-state index in [-0.39, 0.29) is 5.95 Å². The molecule has 2 N–H and O–H groups in total. The number of carbonyl (C=O) groups is 1. The summed E-state index contributed by atoms with van der Waals surface area (Å²) < 4.78 is 1.61. The van der Waals surface area contributed by atoms with Crippen molar-refractivity contribution in [3.8, 4) is 11.3 Å². The molecule has 2 aromatic heterocycles. The van der Waals surface area contributed by atoms with Crippen LogP contribution in [0.5, 0.6) is 0 Å². The van der Waals surface area contributed by atoms with Gasteiger partial charge < -0.3 is 5.32 Å². The van der Waals surface area contributed by atoms with Crippen molar-refractivity contribution >= 4 is 68.8 Å². The fourth-order valence-corrected chi connectivity index (χ4v) is 3.84. The predicted octanol–water partition coefficient (Wildman–Crippen LogP) is 6.06. The summed E-state index contributed by atoms with van der Waals surface area (Å²) in [5, 5.41) is 13.1. The van der Waals surface area contributed by atoms with E-state index in [4.69, 9.17) is 34.8 Å². The molecule has 0 saturated heterocycles. The number of nitrogens with one attached hydrogen (secondary N) is 2. The number of carbonyl (C=O) groups excluding carboxylic acids is 1. The largest absolute Gasteiger partial charge is 0.326 e. The first-order chi connectivity index (χ1) is 13.0. The Morgan fingerprint density at radius 1 is 1.04 bits per heavy atom. The molecule has 0 radical (unpaired) electrons. The molecule has 6 nitrogen and oxygen atoms in total. The average molecular weight is 439 g/mol. The van der Waals surface area contributed by atoms with Gasteiger partial charge in [0.25, 0.3) is 5.95 Å². The van der Waals surface area contributed by atoms with Crippen LogP contribution in [0, 0.1) is 0 Å². The molecule has 0 unspecified atom stereocenters. The molecule has 0 atom stereocenters. The third-order valence-electron chi connectivity index (χ3n) is 3.59. The van der Waals surface area contributed by atoms with E-state index in [0.717, 1.165) is 11.3 Å². The summed E-state index contributed by atoms with van der Waals surface area (Å²) in [6, 6.07) is 11.5. The lowest BCUT2D eigenvalue weighted by Crippen LogP contribution is -2.20. The minimum atomic E-state index is -0.474. The van der Waals surface area contributed by atoms with E-state index in [9.17, 15) is 4.79 Å². The second-order valence-corrected chi connectivity index (χ2v) is 7.58. The third kappa shape index (κ3) is 3.86. The lowest BCUT2D eigenvalue weighted by molar-refractivity contribution is 0.262. The van der Waals surface area contributed by atoms with Gasteiger partial charge in [0.1, 0.15) is 0 Å². The molecule has 0 aliphatic heterocycles. The quantitative estimate of drug-likeness (QED) is 0.408. The number of thiazole rings is 1. The molecule has 0 spiro atoms. The standard InChI is InChI=1S/C17H10Cl3N5OS/c18-9-2-1-3-11(6-9)21-16(26)22-15-23-17-25(24-15)14(8-27-17)12-7-10(19)4-5-13(12)20/h1-8H,(H2,21,22,24,26). The van der Waals surface area contributed by atoms with Crippen LogP contribution >= 0.6 is 46.1 Å². The van der Waals surface area contributed by atoms with Gasteiger partial charge in [0, 0.05) is 26.7 Å². The molecular weight excluding hydrogens is 429 g/mol. The van der Waals surface area contributed by atoms with Crippen LogP contribution in [0.3, 0.4) is 0 Å². The Morgan fingerprint density at radius 2 is 1.85 bits per heavy atom. The summed E-state index contributed by atoms with van der Waals surface area (Å²) in [6.45, 7) is 0. The molecule has 2 amide bonds. The summed E-state index contributed by atoms with van der Waals surface area (Å²) >= 11 is 19.6. The highest BCUT2D eigenvalue weighted by Crippen LogP contribution is 2.33.